The molecule has 2 rings (SSSR count). The molecular weight excluding hydrogens is 256 g/mol. The van der Waals surface area contributed by atoms with Crippen molar-refractivity contribution in [1.82, 2.24) is 9.97 Å². The molecule has 0 saturated heterocycles. The zero-order valence-corrected chi connectivity index (χ0v) is 13.1. The lowest BCUT2D eigenvalue weighted by Crippen LogP contribution is -2.20. The van der Waals surface area contributed by atoms with E-state index in [0.29, 0.717) is 10.7 Å². The third-order valence-corrected chi connectivity index (χ3v) is 5.04. The van der Waals surface area contributed by atoms with Crippen LogP contribution in [0.15, 0.2) is 6.33 Å². The van der Waals surface area contributed by atoms with Gasteiger partial charge in [-0.1, -0.05) is 13.8 Å². The summed E-state index contributed by atoms with van der Waals surface area (Å²) in [5.74, 6) is 2.35. The van der Waals surface area contributed by atoms with E-state index in [1.165, 1.54) is 18.4 Å². The normalized spacial score (nSPS) is 16.5. The van der Waals surface area contributed by atoms with Gasteiger partial charge in [0.15, 0.2) is 0 Å². The summed E-state index contributed by atoms with van der Waals surface area (Å²) in [6.45, 7) is 8.34. The highest BCUT2D eigenvalue weighted by molar-refractivity contribution is 8.00. The Morgan fingerprint density at radius 3 is 2.37 bits per heavy atom. The van der Waals surface area contributed by atoms with Gasteiger partial charge in [0.2, 0.25) is 0 Å². The molecule has 1 aliphatic carbocycles. The van der Waals surface area contributed by atoms with Crippen LogP contribution >= 0.6 is 11.8 Å². The number of rotatable bonds is 7. The molecule has 2 N–H and O–H groups in total. The average Bonchev–Trinajstić information content (AvgIpc) is 3.17. The second kappa shape index (κ2) is 5.99. The molecule has 0 atom stereocenters. The lowest BCUT2D eigenvalue weighted by molar-refractivity contribution is 0.838. The van der Waals surface area contributed by atoms with Crippen LogP contribution in [0.4, 0.5) is 11.6 Å². The molecule has 19 heavy (non-hydrogen) atoms. The first-order valence-corrected chi connectivity index (χ1v) is 8.22. The Balaban J connectivity index is 2.16. The number of anilines is 2. The van der Waals surface area contributed by atoms with Crippen LogP contribution in [0.25, 0.3) is 0 Å². The number of aromatic nitrogens is 2. The fourth-order valence-electron chi connectivity index (χ4n) is 2.23. The van der Waals surface area contributed by atoms with Crippen molar-refractivity contribution >= 4 is 23.4 Å². The molecule has 1 saturated carbocycles. The summed E-state index contributed by atoms with van der Waals surface area (Å²) in [5.41, 5.74) is 1.20. The third kappa shape index (κ3) is 3.32. The van der Waals surface area contributed by atoms with Crippen molar-refractivity contribution in [1.29, 1.82) is 0 Å². The summed E-state index contributed by atoms with van der Waals surface area (Å²) < 4.78 is 0.442. The summed E-state index contributed by atoms with van der Waals surface area (Å²) in [6, 6.07) is 0. The molecule has 0 amide bonds. The Morgan fingerprint density at radius 2 is 1.89 bits per heavy atom. The van der Waals surface area contributed by atoms with Gasteiger partial charge < -0.3 is 10.6 Å². The maximum atomic E-state index is 4.44. The van der Waals surface area contributed by atoms with Crippen LogP contribution in [-0.4, -0.2) is 34.1 Å². The van der Waals surface area contributed by atoms with Crippen molar-refractivity contribution in [2.45, 2.75) is 44.3 Å². The summed E-state index contributed by atoms with van der Waals surface area (Å²) in [7, 11) is 0. The van der Waals surface area contributed by atoms with E-state index < -0.39 is 0 Å². The summed E-state index contributed by atoms with van der Waals surface area (Å²) >= 11 is 1.96. The molecule has 1 aromatic heterocycles. The Kier molecular flexibility index (Phi) is 4.55. The van der Waals surface area contributed by atoms with E-state index in [9.17, 15) is 0 Å². The molecule has 0 spiro atoms. The topological polar surface area (TPSA) is 49.8 Å². The van der Waals surface area contributed by atoms with Crippen molar-refractivity contribution in [2.24, 2.45) is 0 Å². The maximum absolute atomic E-state index is 4.44. The van der Waals surface area contributed by atoms with Crippen LogP contribution in [0.3, 0.4) is 0 Å². The minimum Gasteiger partial charge on any atom is -0.370 e. The van der Waals surface area contributed by atoms with Crippen LogP contribution in [0, 0.1) is 0 Å². The molecule has 4 nitrogen and oxygen atoms in total. The highest BCUT2D eigenvalue weighted by Gasteiger charge is 2.41. The monoisotopic (exact) mass is 280 g/mol. The van der Waals surface area contributed by atoms with E-state index in [4.69, 9.17) is 0 Å². The molecule has 0 bridgehead atoms. The number of thioether (sulfide) groups is 1. The average molecular weight is 280 g/mol. The largest absolute Gasteiger partial charge is 0.370 e. The molecule has 1 fully saturated rings. The van der Waals surface area contributed by atoms with Gasteiger partial charge in [-0.05, 0) is 31.9 Å². The smallest absolute Gasteiger partial charge is 0.135 e. The molecule has 1 aromatic rings. The predicted octanol–water partition coefficient (Wildman–Crippen LogP) is 3.34. The number of hydrogen-bond acceptors (Lipinski definition) is 5. The van der Waals surface area contributed by atoms with E-state index in [1.54, 1.807) is 6.33 Å². The van der Waals surface area contributed by atoms with Crippen molar-refractivity contribution in [3.63, 3.8) is 0 Å². The van der Waals surface area contributed by atoms with Gasteiger partial charge in [-0.15, -0.1) is 0 Å². The third-order valence-electron chi connectivity index (χ3n) is 3.62. The molecule has 0 aromatic carbocycles. The molecule has 0 radical (unpaired) electrons. The standard InChI is InChI=1S/C14H24N4S/c1-5-15-12-11(10(2)3)13(18-9-17-12)16-8-14(19-4)6-7-14/h9-10H,5-8H2,1-4H3,(H2,15,16,17,18). The maximum Gasteiger partial charge on any atom is 0.135 e. The van der Waals surface area contributed by atoms with Crippen molar-refractivity contribution in [3.8, 4) is 0 Å². The fourth-order valence-corrected chi connectivity index (χ4v) is 2.96. The van der Waals surface area contributed by atoms with Gasteiger partial charge in [0.25, 0.3) is 0 Å². The minimum absolute atomic E-state index is 0.405. The number of hydrogen-bond donors (Lipinski definition) is 2. The fraction of sp³-hybridized carbons (Fsp3) is 0.714. The van der Waals surface area contributed by atoms with E-state index in [0.717, 1.165) is 24.7 Å². The van der Waals surface area contributed by atoms with Gasteiger partial charge in [-0.3, -0.25) is 0 Å². The second-order valence-corrected chi connectivity index (χ2v) is 6.68. The van der Waals surface area contributed by atoms with E-state index in [2.05, 4.69) is 47.6 Å². The first kappa shape index (κ1) is 14.4. The van der Waals surface area contributed by atoms with Crippen LogP contribution in [0.2, 0.25) is 0 Å². The number of nitrogens with one attached hydrogen (secondary N) is 2. The predicted molar refractivity (Wildman–Crippen MR) is 84.3 cm³/mol. The summed E-state index contributed by atoms with van der Waals surface area (Å²) in [6.07, 6.45) is 6.46. The van der Waals surface area contributed by atoms with Crippen LogP contribution in [-0.2, 0) is 0 Å². The van der Waals surface area contributed by atoms with Gasteiger partial charge in [0, 0.05) is 23.4 Å². The van der Waals surface area contributed by atoms with Gasteiger partial charge >= 0.3 is 0 Å². The minimum atomic E-state index is 0.405. The zero-order valence-electron chi connectivity index (χ0n) is 12.3. The number of nitrogens with zero attached hydrogens (tertiary/aromatic N) is 2. The first-order chi connectivity index (χ1) is 9.12. The van der Waals surface area contributed by atoms with Crippen molar-refractivity contribution < 1.29 is 0 Å². The van der Waals surface area contributed by atoms with E-state index in [1.807, 2.05) is 11.8 Å². The Morgan fingerprint density at radius 1 is 1.26 bits per heavy atom. The van der Waals surface area contributed by atoms with Crippen LogP contribution < -0.4 is 10.6 Å². The summed E-state index contributed by atoms with van der Waals surface area (Å²) in [4.78, 5) is 8.80. The molecule has 106 valence electrons. The van der Waals surface area contributed by atoms with Crippen molar-refractivity contribution in [3.05, 3.63) is 11.9 Å². The Bertz CT molecular complexity index is 429. The van der Waals surface area contributed by atoms with Gasteiger partial charge in [-0.25, -0.2) is 9.97 Å². The van der Waals surface area contributed by atoms with Gasteiger partial charge in [0.1, 0.15) is 18.0 Å². The molecule has 0 unspecified atom stereocenters. The molecule has 5 heteroatoms. The van der Waals surface area contributed by atoms with E-state index >= 15 is 0 Å². The van der Waals surface area contributed by atoms with Gasteiger partial charge in [-0.2, -0.15) is 11.8 Å². The Hall–Kier alpha value is -0.970. The molecule has 1 aliphatic rings. The zero-order chi connectivity index (χ0) is 13.9. The van der Waals surface area contributed by atoms with Crippen molar-refractivity contribution in [2.75, 3.05) is 30.0 Å². The van der Waals surface area contributed by atoms with Gasteiger partial charge in [0.05, 0.1) is 0 Å². The molecule has 1 heterocycles. The van der Waals surface area contributed by atoms with Crippen LogP contribution in [0.1, 0.15) is 45.1 Å². The first-order valence-electron chi connectivity index (χ1n) is 6.99. The quantitative estimate of drug-likeness (QED) is 0.802. The summed E-state index contributed by atoms with van der Waals surface area (Å²) in [5, 5.41) is 6.86. The second-order valence-electron chi connectivity index (χ2n) is 5.41. The Labute approximate surface area is 120 Å². The highest BCUT2D eigenvalue weighted by Crippen LogP contribution is 2.47. The van der Waals surface area contributed by atoms with E-state index in [-0.39, 0.29) is 0 Å². The molecule has 0 aliphatic heterocycles. The lowest BCUT2D eigenvalue weighted by atomic mass is 10.0. The lowest BCUT2D eigenvalue weighted by Gasteiger charge is -2.19. The highest BCUT2D eigenvalue weighted by atomic mass is 32.2. The SMILES string of the molecule is CCNc1ncnc(NCC2(SC)CC2)c1C(C)C. The molecular formula is C14H24N4S. The van der Waals surface area contributed by atoms with Crippen LogP contribution in [0.5, 0.6) is 0 Å².